The van der Waals surface area contributed by atoms with Gasteiger partial charge in [0, 0.05) is 43.4 Å². The SMILES string of the molecule is CN1CCN(c2ccc(-c3ccc4ncn(C(C(=O)Nc5nccs5)c5cccc(F)c5)c(=O)c4c3)cc2)CC1. The summed E-state index contributed by atoms with van der Waals surface area (Å²) < 4.78 is 15.4. The summed E-state index contributed by atoms with van der Waals surface area (Å²) in [6.07, 6.45) is 2.91. The van der Waals surface area contributed by atoms with Crippen LogP contribution in [0.25, 0.3) is 22.0 Å². The summed E-state index contributed by atoms with van der Waals surface area (Å²) >= 11 is 1.25. The van der Waals surface area contributed by atoms with Crippen LogP contribution >= 0.6 is 11.3 Å². The maximum absolute atomic E-state index is 14.2. The summed E-state index contributed by atoms with van der Waals surface area (Å²) in [6, 6.07) is 18.4. The fraction of sp³-hybridized carbons (Fsp3) is 0.200. The largest absolute Gasteiger partial charge is 0.369 e. The maximum Gasteiger partial charge on any atom is 0.262 e. The van der Waals surface area contributed by atoms with Crippen LogP contribution in [-0.4, -0.2) is 58.6 Å². The molecule has 1 aliphatic rings. The Balaban J connectivity index is 1.37. The minimum atomic E-state index is -1.14. The second kappa shape index (κ2) is 11.0. The first-order chi connectivity index (χ1) is 19.5. The predicted molar refractivity (Wildman–Crippen MR) is 156 cm³/mol. The van der Waals surface area contributed by atoms with Gasteiger partial charge in [-0.15, -0.1) is 11.3 Å². The van der Waals surface area contributed by atoms with Crippen molar-refractivity contribution >= 4 is 39.0 Å². The van der Waals surface area contributed by atoms with Gasteiger partial charge >= 0.3 is 0 Å². The Morgan fingerprint density at radius 2 is 1.75 bits per heavy atom. The first kappa shape index (κ1) is 25.8. The molecule has 1 fully saturated rings. The number of fused-ring (bicyclic) bond motifs is 1. The monoisotopic (exact) mass is 554 g/mol. The minimum Gasteiger partial charge on any atom is -0.369 e. The number of benzene rings is 3. The van der Waals surface area contributed by atoms with Gasteiger partial charge in [0.1, 0.15) is 11.9 Å². The van der Waals surface area contributed by atoms with Crippen molar-refractivity contribution in [3.63, 3.8) is 0 Å². The average Bonchev–Trinajstić information content (AvgIpc) is 3.48. The zero-order chi connectivity index (χ0) is 27.6. The van der Waals surface area contributed by atoms with Gasteiger partial charge in [0.2, 0.25) is 0 Å². The number of carbonyl (C=O) groups is 1. The van der Waals surface area contributed by atoms with Crippen LogP contribution in [0.5, 0.6) is 0 Å². The van der Waals surface area contributed by atoms with Crippen LogP contribution in [0.3, 0.4) is 0 Å². The van der Waals surface area contributed by atoms with E-state index >= 15 is 0 Å². The molecule has 0 saturated carbocycles. The molecule has 6 rings (SSSR count). The highest BCUT2D eigenvalue weighted by Crippen LogP contribution is 2.27. The molecule has 1 atom stereocenters. The number of hydrogen-bond acceptors (Lipinski definition) is 7. The molecule has 1 N–H and O–H groups in total. The molecule has 5 aromatic rings. The van der Waals surface area contributed by atoms with E-state index in [0.29, 0.717) is 21.6 Å². The number of thiazole rings is 1. The van der Waals surface area contributed by atoms with E-state index in [0.717, 1.165) is 37.3 Å². The number of hydrogen-bond donors (Lipinski definition) is 1. The topological polar surface area (TPSA) is 83.4 Å². The Morgan fingerprint density at radius 3 is 2.48 bits per heavy atom. The Labute approximate surface area is 234 Å². The normalized spacial score (nSPS) is 14.8. The minimum absolute atomic E-state index is 0.327. The van der Waals surface area contributed by atoms with Gasteiger partial charge in [0.05, 0.1) is 17.2 Å². The van der Waals surface area contributed by atoms with E-state index < -0.39 is 23.3 Å². The van der Waals surface area contributed by atoms with E-state index in [1.807, 2.05) is 6.07 Å². The van der Waals surface area contributed by atoms with Gasteiger partial charge in [-0.25, -0.2) is 14.4 Å². The number of aromatic nitrogens is 3. The lowest BCUT2D eigenvalue weighted by molar-refractivity contribution is -0.118. The predicted octanol–water partition coefficient (Wildman–Crippen LogP) is 4.64. The summed E-state index contributed by atoms with van der Waals surface area (Å²) in [5.41, 5.74) is 3.45. The molecule has 1 amide bonds. The van der Waals surface area contributed by atoms with Crippen LogP contribution in [0.2, 0.25) is 0 Å². The average molecular weight is 555 g/mol. The smallest absolute Gasteiger partial charge is 0.262 e. The van der Waals surface area contributed by atoms with E-state index in [-0.39, 0.29) is 0 Å². The van der Waals surface area contributed by atoms with E-state index in [1.165, 1.54) is 46.1 Å². The van der Waals surface area contributed by atoms with Crippen LogP contribution in [0, 0.1) is 5.82 Å². The summed E-state index contributed by atoms with van der Waals surface area (Å²) in [5.74, 6) is -1.02. The standard InChI is InChI=1S/C30H27FN6O2S/c1-35-12-14-36(15-13-35)24-8-5-20(6-9-24)21-7-10-26-25(18-21)29(39)37(19-33-26)27(22-3-2-4-23(31)17-22)28(38)34-30-32-11-16-40-30/h2-11,16-19,27H,12-15H2,1H3,(H,32,34,38). The van der Waals surface area contributed by atoms with Gasteiger partial charge in [0.15, 0.2) is 5.13 Å². The molecule has 0 bridgehead atoms. The van der Waals surface area contributed by atoms with Crippen molar-refractivity contribution in [1.29, 1.82) is 0 Å². The van der Waals surface area contributed by atoms with Gasteiger partial charge in [-0.05, 0) is 60.1 Å². The van der Waals surface area contributed by atoms with E-state index in [1.54, 1.807) is 29.8 Å². The molecule has 0 radical (unpaired) electrons. The van der Waals surface area contributed by atoms with Crippen LogP contribution in [0.15, 0.2) is 89.4 Å². The maximum atomic E-state index is 14.2. The van der Waals surface area contributed by atoms with Crippen molar-refractivity contribution in [1.82, 2.24) is 19.4 Å². The number of carbonyl (C=O) groups excluding carboxylic acids is 1. The number of amides is 1. The van der Waals surface area contributed by atoms with E-state index in [9.17, 15) is 14.0 Å². The molecule has 40 heavy (non-hydrogen) atoms. The summed E-state index contributed by atoms with van der Waals surface area (Å²) in [6.45, 7) is 4.04. The highest BCUT2D eigenvalue weighted by atomic mass is 32.1. The van der Waals surface area contributed by atoms with Gasteiger partial charge < -0.3 is 9.80 Å². The van der Waals surface area contributed by atoms with Crippen LogP contribution in [0.4, 0.5) is 15.2 Å². The molecule has 1 saturated heterocycles. The molecule has 3 heterocycles. The molecular formula is C30H27FN6O2S. The fourth-order valence-corrected chi connectivity index (χ4v) is 5.53. The lowest BCUT2D eigenvalue weighted by Gasteiger charge is -2.34. The molecule has 10 heteroatoms. The van der Waals surface area contributed by atoms with Crippen LogP contribution in [-0.2, 0) is 4.79 Å². The lowest BCUT2D eigenvalue weighted by Crippen LogP contribution is -2.44. The van der Waals surface area contributed by atoms with Crippen LogP contribution in [0.1, 0.15) is 11.6 Å². The Bertz CT molecular complexity index is 1710. The highest BCUT2D eigenvalue weighted by Gasteiger charge is 2.26. The van der Waals surface area contributed by atoms with Crippen molar-refractivity contribution in [2.45, 2.75) is 6.04 Å². The second-order valence-corrected chi connectivity index (χ2v) is 10.7. The number of piperazine rings is 1. The first-order valence-corrected chi connectivity index (χ1v) is 13.8. The molecule has 3 aromatic carbocycles. The third-order valence-corrected chi connectivity index (χ3v) is 7.89. The number of rotatable bonds is 6. The zero-order valence-corrected chi connectivity index (χ0v) is 22.6. The van der Waals surface area contributed by atoms with Gasteiger partial charge in [-0.2, -0.15) is 0 Å². The molecule has 2 aromatic heterocycles. The second-order valence-electron chi connectivity index (χ2n) is 9.81. The third kappa shape index (κ3) is 5.23. The quantitative estimate of drug-likeness (QED) is 0.329. The Hall–Kier alpha value is -4.41. The molecule has 1 unspecified atom stereocenters. The van der Waals surface area contributed by atoms with Gasteiger partial charge in [0.25, 0.3) is 11.5 Å². The Morgan fingerprint density at radius 1 is 0.975 bits per heavy atom. The van der Waals surface area contributed by atoms with Gasteiger partial charge in [-0.3, -0.25) is 19.5 Å². The van der Waals surface area contributed by atoms with Crippen molar-refractivity contribution in [3.05, 3.63) is 106 Å². The first-order valence-electron chi connectivity index (χ1n) is 13.0. The lowest BCUT2D eigenvalue weighted by atomic mass is 10.0. The van der Waals surface area contributed by atoms with Crippen LogP contribution < -0.4 is 15.8 Å². The third-order valence-electron chi connectivity index (χ3n) is 7.21. The number of nitrogens with one attached hydrogen (secondary N) is 1. The molecule has 0 aliphatic carbocycles. The number of likely N-dealkylation sites (N-methyl/N-ethyl adjacent to an activating group) is 1. The summed E-state index contributed by atoms with van der Waals surface area (Å²) in [7, 11) is 2.14. The summed E-state index contributed by atoms with van der Waals surface area (Å²) in [5, 5.41) is 5.22. The van der Waals surface area contributed by atoms with E-state index in [4.69, 9.17) is 0 Å². The highest BCUT2D eigenvalue weighted by molar-refractivity contribution is 7.13. The van der Waals surface area contributed by atoms with Crippen molar-refractivity contribution in [2.75, 3.05) is 43.4 Å². The number of halogens is 1. The molecular weight excluding hydrogens is 527 g/mol. The molecule has 0 spiro atoms. The summed E-state index contributed by atoms with van der Waals surface area (Å²) in [4.78, 5) is 40.5. The number of nitrogens with zero attached hydrogens (tertiary/aromatic N) is 5. The number of anilines is 2. The van der Waals surface area contributed by atoms with Crippen molar-refractivity contribution in [2.24, 2.45) is 0 Å². The molecule has 1 aliphatic heterocycles. The van der Waals surface area contributed by atoms with E-state index in [2.05, 4.69) is 56.4 Å². The fourth-order valence-electron chi connectivity index (χ4n) is 5.00. The zero-order valence-electron chi connectivity index (χ0n) is 21.8. The Kier molecular flexibility index (Phi) is 7.10. The van der Waals surface area contributed by atoms with Crippen molar-refractivity contribution < 1.29 is 9.18 Å². The molecule has 202 valence electrons. The molecule has 8 nitrogen and oxygen atoms in total. The van der Waals surface area contributed by atoms with Crippen molar-refractivity contribution in [3.8, 4) is 11.1 Å². The van der Waals surface area contributed by atoms with Gasteiger partial charge in [-0.1, -0.05) is 30.3 Å².